The largest absolute Gasteiger partial charge is 0.403 e. The summed E-state index contributed by atoms with van der Waals surface area (Å²) in [6, 6.07) is -1.41. The lowest BCUT2D eigenvalue weighted by Gasteiger charge is -2.41. The molecule has 1 nitrogen and oxygen atoms in total. The minimum atomic E-state index is -4.16. The summed E-state index contributed by atoms with van der Waals surface area (Å²) in [5.41, 5.74) is -0.447. The van der Waals surface area contributed by atoms with E-state index in [1.54, 1.807) is 18.8 Å². The molecule has 16 heavy (non-hydrogen) atoms. The van der Waals surface area contributed by atoms with Gasteiger partial charge in [0.05, 0.1) is 0 Å². The fourth-order valence-electron chi connectivity index (χ4n) is 1.67. The Balaban J connectivity index is 4.62. The number of alkyl halides is 3. The van der Waals surface area contributed by atoms with E-state index in [9.17, 15) is 13.2 Å². The zero-order valence-corrected chi connectivity index (χ0v) is 11.7. The lowest BCUT2D eigenvalue weighted by Crippen LogP contribution is -2.52. The molecule has 0 aliphatic heterocycles. The predicted molar refractivity (Wildman–Crippen MR) is 65.0 cm³/mol. The molecule has 0 bridgehead atoms. The van der Waals surface area contributed by atoms with Crippen LogP contribution in [-0.2, 0) is 0 Å². The van der Waals surface area contributed by atoms with Crippen molar-refractivity contribution in [3.05, 3.63) is 0 Å². The highest BCUT2D eigenvalue weighted by Gasteiger charge is 2.43. The van der Waals surface area contributed by atoms with Gasteiger partial charge in [0.15, 0.2) is 0 Å². The second-order valence-corrected chi connectivity index (χ2v) is 6.17. The number of nitrogens with zero attached hydrogens (tertiary/aromatic N) is 1. The highest BCUT2D eigenvalue weighted by molar-refractivity contribution is 7.99. The van der Waals surface area contributed by atoms with Gasteiger partial charge in [-0.3, -0.25) is 4.90 Å². The third-order valence-corrected chi connectivity index (χ3v) is 4.17. The molecular weight excluding hydrogens is 235 g/mol. The van der Waals surface area contributed by atoms with Crippen molar-refractivity contribution in [3.63, 3.8) is 0 Å². The average Bonchev–Trinajstić information content (AvgIpc) is 2.13. The normalized spacial score (nSPS) is 17.6. The van der Waals surface area contributed by atoms with Crippen molar-refractivity contribution >= 4 is 11.8 Å². The molecule has 0 heterocycles. The topological polar surface area (TPSA) is 3.24 Å². The van der Waals surface area contributed by atoms with Gasteiger partial charge >= 0.3 is 6.18 Å². The number of hydrogen-bond acceptors (Lipinski definition) is 2. The Kier molecular flexibility index (Phi) is 5.66. The molecule has 0 aromatic rings. The third kappa shape index (κ3) is 4.53. The first-order valence-corrected chi connectivity index (χ1v) is 6.63. The molecule has 0 N–H and O–H groups in total. The summed E-state index contributed by atoms with van der Waals surface area (Å²) in [6.45, 7) is 6.98. The Bertz CT molecular complexity index is 216. The monoisotopic (exact) mass is 257 g/mol. The SMILES string of the molecule is CSC(C)CC(C)(C)N(C)[C@H](C)C(F)(F)F. The van der Waals surface area contributed by atoms with Crippen LogP contribution in [-0.4, -0.2) is 41.2 Å². The second-order valence-electron chi connectivity index (χ2n) is 4.89. The summed E-state index contributed by atoms with van der Waals surface area (Å²) in [6.07, 6.45) is -1.44. The first-order valence-electron chi connectivity index (χ1n) is 5.35. The van der Waals surface area contributed by atoms with E-state index in [2.05, 4.69) is 0 Å². The van der Waals surface area contributed by atoms with E-state index in [1.165, 1.54) is 11.8 Å². The molecule has 0 saturated carbocycles. The van der Waals surface area contributed by atoms with Gasteiger partial charge in [-0.2, -0.15) is 24.9 Å². The van der Waals surface area contributed by atoms with E-state index in [0.29, 0.717) is 5.25 Å². The van der Waals surface area contributed by atoms with Crippen LogP contribution in [0.3, 0.4) is 0 Å². The molecule has 0 amide bonds. The molecule has 0 saturated heterocycles. The van der Waals surface area contributed by atoms with Gasteiger partial charge < -0.3 is 0 Å². The summed E-state index contributed by atoms with van der Waals surface area (Å²) in [7, 11) is 1.55. The van der Waals surface area contributed by atoms with Crippen LogP contribution in [0, 0.1) is 0 Å². The van der Waals surface area contributed by atoms with Gasteiger partial charge in [0.25, 0.3) is 0 Å². The Morgan fingerprint density at radius 1 is 1.19 bits per heavy atom. The molecule has 5 heteroatoms. The standard InChI is InChI=1S/C11H22F3NS/c1-8(16-6)7-10(3,4)15(5)9(2)11(12,13)14/h8-9H,7H2,1-6H3/t8?,9-/m1/s1. The Morgan fingerprint density at radius 2 is 1.62 bits per heavy atom. The molecular formula is C11H22F3NS. The van der Waals surface area contributed by atoms with Crippen LogP contribution in [0.5, 0.6) is 0 Å². The highest BCUT2D eigenvalue weighted by atomic mass is 32.2. The fourth-order valence-corrected chi connectivity index (χ4v) is 2.25. The smallest absolute Gasteiger partial charge is 0.290 e. The van der Waals surface area contributed by atoms with Crippen molar-refractivity contribution in [3.8, 4) is 0 Å². The molecule has 0 radical (unpaired) electrons. The van der Waals surface area contributed by atoms with E-state index < -0.39 is 17.8 Å². The molecule has 2 atom stereocenters. The molecule has 0 aliphatic rings. The maximum absolute atomic E-state index is 12.6. The number of rotatable bonds is 5. The lowest BCUT2D eigenvalue weighted by molar-refractivity contribution is -0.187. The van der Waals surface area contributed by atoms with Gasteiger partial charge in [0.2, 0.25) is 0 Å². The number of halogens is 3. The van der Waals surface area contributed by atoms with E-state index >= 15 is 0 Å². The van der Waals surface area contributed by atoms with Crippen LogP contribution in [0.4, 0.5) is 13.2 Å². The summed E-state index contributed by atoms with van der Waals surface area (Å²) >= 11 is 1.68. The minimum absolute atomic E-state index is 0.359. The molecule has 1 unspecified atom stereocenters. The van der Waals surface area contributed by atoms with Crippen molar-refractivity contribution in [2.75, 3.05) is 13.3 Å². The van der Waals surface area contributed by atoms with E-state index in [1.807, 2.05) is 27.0 Å². The van der Waals surface area contributed by atoms with Gasteiger partial charge in [0.1, 0.15) is 6.04 Å². The highest BCUT2D eigenvalue weighted by Crippen LogP contribution is 2.31. The van der Waals surface area contributed by atoms with Crippen LogP contribution in [0.2, 0.25) is 0 Å². The second kappa shape index (κ2) is 5.63. The maximum atomic E-state index is 12.6. The van der Waals surface area contributed by atoms with Crippen LogP contribution < -0.4 is 0 Å². The number of thioether (sulfide) groups is 1. The van der Waals surface area contributed by atoms with Crippen molar-refractivity contribution < 1.29 is 13.2 Å². The lowest BCUT2D eigenvalue weighted by atomic mass is 9.95. The van der Waals surface area contributed by atoms with Crippen LogP contribution >= 0.6 is 11.8 Å². The predicted octanol–water partition coefficient (Wildman–Crippen LogP) is 3.79. The van der Waals surface area contributed by atoms with Crippen molar-refractivity contribution in [1.29, 1.82) is 0 Å². The zero-order valence-electron chi connectivity index (χ0n) is 10.9. The Labute approximate surface area is 101 Å². The molecule has 0 aromatic heterocycles. The van der Waals surface area contributed by atoms with Crippen LogP contribution in [0.25, 0.3) is 0 Å². The van der Waals surface area contributed by atoms with Crippen molar-refractivity contribution in [1.82, 2.24) is 4.90 Å². The molecule has 0 spiro atoms. The van der Waals surface area contributed by atoms with Crippen molar-refractivity contribution in [2.24, 2.45) is 0 Å². The van der Waals surface area contributed by atoms with Gasteiger partial charge in [-0.25, -0.2) is 0 Å². The van der Waals surface area contributed by atoms with Gasteiger partial charge in [-0.05, 0) is 40.5 Å². The van der Waals surface area contributed by atoms with Gasteiger partial charge in [-0.1, -0.05) is 6.92 Å². The molecule has 98 valence electrons. The summed E-state index contributed by atoms with van der Waals surface area (Å²) in [4.78, 5) is 1.42. The molecule has 0 aromatic carbocycles. The summed E-state index contributed by atoms with van der Waals surface area (Å²) < 4.78 is 37.8. The quantitative estimate of drug-likeness (QED) is 0.737. The zero-order chi connectivity index (χ0) is 13.1. The van der Waals surface area contributed by atoms with E-state index in [-0.39, 0.29) is 0 Å². The first-order chi connectivity index (χ1) is 7.02. The minimum Gasteiger partial charge on any atom is -0.290 e. The van der Waals surface area contributed by atoms with Gasteiger partial charge in [0, 0.05) is 10.8 Å². The Morgan fingerprint density at radius 3 is 1.94 bits per heavy atom. The first kappa shape index (κ1) is 16.1. The molecule has 0 rings (SSSR count). The fraction of sp³-hybridized carbons (Fsp3) is 1.00. The maximum Gasteiger partial charge on any atom is 0.403 e. The molecule has 0 fully saturated rings. The summed E-state index contributed by atoms with van der Waals surface area (Å²) in [5, 5.41) is 0.359. The Hall–Kier alpha value is 0.100. The average molecular weight is 257 g/mol. The van der Waals surface area contributed by atoms with E-state index in [0.717, 1.165) is 6.42 Å². The summed E-state index contributed by atoms with van der Waals surface area (Å²) in [5.74, 6) is 0. The van der Waals surface area contributed by atoms with Gasteiger partial charge in [-0.15, -0.1) is 0 Å². The van der Waals surface area contributed by atoms with Crippen LogP contribution in [0.15, 0.2) is 0 Å². The van der Waals surface area contributed by atoms with Crippen molar-refractivity contribution in [2.45, 2.75) is 57.1 Å². The molecule has 0 aliphatic carbocycles. The third-order valence-electron chi connectivity index (χ3n) is 3.20. The van der Waals surface area contributed by atoms with E-state index in [4.69, 9.17) is 0 Å². The van der Waals surface area contributed by atoms with Crippen LogP contribution in [0.1, 0.15) is 34.1 Å². The number of hydrogen-bond donors (Lipinski definition) is 0.